The zero-order valence-electron chi connectivity index (χ0n) is 12.0. The van der Waals surface area contributed by atoms with E-state index in [1.807, 2.05) is 6.07 Å². The van der Waals surface area contributed by atoms with Crippen molar-refractivity contribution in [1.29, 1.82) is 0 Å². The predicted molar refractivity (Wildman–Crippen MR) is 75.3 cm³/mol. The lowest BCUT2D eigenvalue weighted by Gasteiger charge is -2.21. The summed E-state index contributed by atoms with van der Waals surface area (Å²) in [6.45, 7) is 1.55. The van der Waals surface area contributed by atoms with Crippen LogP contribution in [0.3, 0.4) is 0 Å². The van der Waals surface area contributed by atoms with Gasteiger partial charge < -0.3 is 19.3 Å². The lowest BCUT2D eigenvalue weighted by Crippen LogP contribution is -2.22. The molecule has 1 N–H and O–H groups in total. The summed E-state index contributed by atoms with van der Waals surface area (Å²) in [7, 11) is 1.54. The number of fused-ring (bicyclic) bond motifs is 1. The molecule has 3 rings (SSSR count). The van der Waals surface area contributed by atoms with Crippen molar-refractivity contribution in [2.45, 2.75) is 25.0 Å². The van der Waals surface area contributed by atoms with E-state index < -0.39 is 12.1 Å². The van der Waals surface area contributed by atoms with Crippen LogP contribution in [-0.4, -0.2) is 37.5 Å². The van der Waals surface area contributed by atoms with Gasteiger partial charge in [0.05, 0.1) is 13.2 Å². The molecule has 1 heterocycles. The number of para-hydroxylation sites is 1. The van der Waals surface area contributed by atoms with Gasteiger partial charge in [0.2, 0.25) is 0 Å². The van der Waals surface area contributed by atoms with Gasteiger partial charge in [-0.15, -0.1) is 0 Å². The number of carboxylic acid groups (broad SMARTS) is 1. The Labute approximate surface area is 123 Å². The molecule has 1 aliphatic heterocycles. The van der Waals surface area contributed by atoms with Crippen molar-refractivity contribution < 1.29 is 24.1 Å². The largest absolute Gasteiger partial charge is 0.496 e. The van der Waals surface area contributed by atoms with E-state index in [-0.39, 0.29) is 6.10 Å². The first-order valence-electron chi connectivity index (χ1n) is 7.28. The molecule has 1 aliphatic carbocycles. The molecule has 1 saturated carbocycles. The van der Waals surface area contributed by atoms with Gasteiger partial charge >= 0.3 is 5.97 Å². The Morgan fingerprint density at radius 1 is 1.29 bits per heavy atom. The van der Waals surface area contributed by atoms with E-state index in [4.69, 9.17) is 14.2 Å². The van der Waals surface area contributed by atoms with Gasteiger partial charge in [0.1, 0.15) is 5.75 Å². The summed E-state index contributed by atoms with van der Waals surface area (Å²) in [6.07, 6.45) is 0.758. The molecule has 0 amide bonds. The molecular formula is C16H20O5. The number of ether oxygens (including phenoxy) is 3. The molecule has 2 fully saturated rings. The topological polar surface area (TPSA) is 65.0 Å². The third-order valence-electron chi connectivity index (χ3n) is 4.44. The number of benzene rings is 1. The maximum Gasteiger partial charge on any atom is 0.337 e. The fraction of sp³-hybridized carbons (Fsp3) is 0.562. The Bertz CT molecular complexity index is 503. The molecule has 1 saturated heterocycles. The Morgan fingerprint density at radius 2 is 1.95 bits per heavy atom. The number of hydrogen-bond acceptors (Lipinski definition) is 4. The fourth-order valence-corrected chi connectivity index (χ4v) is 3.39. The molecule has 0 aromatic heterocycles. The summed E-state index contributed by atoms with van der Waals surface area (Å²) >= 11 is 0. The van der Waals surface area contributed by atoms with Crippen LogP contribution in [0.25, 0.3) is 0 Å². The van der Waals surface area contributed by atoms with Gasteiger partial charge in [0.15, 0.2) is 6.10 Å². The Morgan fingerprint density at radius 3 is 2.57 bits per heavy atom. The van der Waals surface area contributed by atoms with E-state index in [1.165, 1.54) is 7.11 Å². The highest BCUT2D eigenvalue weighted by Gasteiger charge is 2.40. The van der Waals surface area contributed by atoms with Crippen molar-refractivity contribution in [2.75, 3.05) is 20.3 Å². The second-order valence-corrected chi connectivity index (χ2v) is 5.75. The predicted octanol–water partition coefficient (Wildman–Crippen LogP) is 2.26. The molecular weight excluding hydrogens is 272 g/mol. The number of carbonyl (C=O) groups is 1. The van der Waals surface area contributed by atoms with Gasteiger partial charge in [-0.05, 0) is 30.7 Å². The van der Waals surface area contributed by atoms with E-state index in [0.29, 0.717) is 23.1 Å². The average Bonchev–Trinajstić information content (AvgIpc) is 3.05. The van der Waals surface area contributed by atoms with Crippen LogP contribution in [0, 0.1) is 11.8 Å². The summed E-state index contributed by atoms with van der Waals surface area (Å²) in [6, 6.07) is 7.12. The van der Waals surface area contributed by atoms with E-state index >= 15 is 0 Å². The molecule has 1 aromatic rings. The van der Waals surface area contributed by atoms with Gasteiger partial charge in [-0.1, -0.05) is 18.2 Å². The van der Waals surface area contributed by atoms with Crippen molar-refractivity contribution in [3.05, 3.63) is 29.8 Å². The van der Waals surface area contributed by atoms with Crippen molar-refractivity contribution in [2.24, 2.45) is 11.8 Å². The van der Waals surface area contributed by atoms with Crippen molar-refractivity contribution >= 4 is 5.97 Å². The number of rotatable bonds is 5. The van der Waals surface area contributed by atoms with Gasteiger partial charge in [0.25, 0.3) is 0 Å². The van der Waals surface area contributed by atoms with E-state index in [1.54, 1.807) is 18.2 Å². The monoisotopic (exact) mass is 292 g/mol. The minimum absolute atomic E-state index is 0.0186. The third-order valence-corrected chi connectivity index (χ3v) is 4.44. The Hall–Kier alpha value is -1.59. The van der Waals surface area contributed by atoms with Crippen LogP contribution in [0.15, 0.2) is 24.3 Å². The Balaban J connectivity index is 1.75. The smallest absolute Gasteiger partial charge is 0.337 e. The van der Waals surface area contributed by atoms with Crippen LogP contribution in [0.5, 0.6) is 5.75 Å². The second-order valence-electron chi connectivity index (χ2n) is 5.75. The van der Waals surface area contributed by atoms with Gasteiger partial charge in [0, 0.05) is 18.8 Å². The molecule has 1 aromatic carbocycles. The average molecular weight is 292 g/mol. The molecule has 5 nitrogen and oxygen atoms in total. The summed E-state index contributed by atoms with van der Waals surface area (Å²) in [5.41, 5.74) is 0.570. The highest BCUT2D eigenvalue weighted by molar-refractivity contribution is 5.75. The molecule has 114 valence electrons. The first-order chi connectivity index (χ1) is 10.2. The van der Waals surface area contributed by atoms with Crippen LogP contribution < -0.4 is 4.74 Å². The SMILES string of the molecule is COc1ccccc1C(OC1C[C@H]2COC[C@H]2C1)C(=O)O. The number of hydrogen-bond donors (Lipinski definition) is 1. The van der Waals surface area contributed by atoms with Crippen molar-refractivity contribution in [1.82, 2.24) is 0 Å². The van der Waals surface area contributed by atoms with Crippen molar-refractivity contribution in [3.8, 4) is 5.75 Å². The van der Waals surface area contributed by atoms with E-state index in [2.05, 4.69) is 0 Å². The molecule has 4 atom stereocenters. The highest BCUT2D eigenvalue weighted by Crippen LogP contribution is 2.40. The van der Waals surface area contributed by atoms with Crippen LogP contribution >= 0.6 is 0 Å². The minimum Gasteiger partial charge on any atom is -0.496 e. The maximum atomic E-state index is 11.6. The van der Waals surface area contributed by atoms with Crippen molar-refractivity contribution in [3.63, 3.8) is 0 Å². The molecule has 2 unspecified atom stereocenters. The summed E-state index contributed by atoms with van der Waals surface area (Å²) < 4.78 is 16.6. The zero-order chi connectivity index (χ0) is 14.8. The summed E-state index contributed by atoms with van der Waals surface area (Å²) in [4.78, 5) is 11.6. The first kappa shape index (κ1) is 14.4. The number of methoxy groups -OCH3 is 1. The van der Waals surface area contributed by atoms with Crippen LogP contribution in [0.1, 0.15) is 24.5 Å². The molecule has 0 bridgehead atoms. The second kappa shape index (κ2) is 6.03. The normalized spacial score (nSPS) is 29.1. The van der Waals surface area contributed by atoms with E-state index in [0.717, 1.165) is 26.1 Å². The molecule has 0 spiro atoms. The summed E-state index contributed by atoms with van der Waals surface area (Å²) in [5, 5.41) is 9.50. The quantitative estimate of drug-likeness (QED) is 0.902. The molecule has 0 radical (unpaired) electrons. The van der Waals surface area contributed by atoms with Gasteiger partial charge in [-0.2, -0.15) is 0 Å². The number of carboxylic acids is 1. The van der Waals surface area contributed by atoms with Gasteiger partial charge in [-0.25, -0.2) is 4.79 Å². The minimum atomic E-state index is -0.981. The highest BCUT2D eigenvalue weighted by atomic mass is 16.5. The first-order valence-corrected chi connectivity index (χ1v) is 7.28. The lowest BCUT2D eigenvalue weighted by molar-refractivity contribution is -0.155. The molecule has 5 heteroatoms. The fourth-order valence-electron chi connectivity index (χ4n) is 3.39. The maximum absolute atomic E-state index is 11.6. The zero-order valence-corrected chi connectivity index (χ0v) is 12.0. The number of aliphatic carboxylic acids is 1. The summed E-state index contributed by atoms with van der Waals surface area (Å²) in [5.74, 6) is 0.600. The van der Waals surface area contributed by atoms with Gasteiger partial charge in [-0.3, -0.25) is 0 Å². The lowest BCUT2D eigenvalue weighted by atomic mass is 10.0. The standard InChI is InChI=1S/C16H20O5/c1-19-14-5-3-2-4-13(14)15(16(17)18)21-12-6-10-8-20-9-11(10)7-12/h2-5,10-12,15H,6-9H2,1H3,(H,17,18)/t10-,11+,12?,15?. The third kappa shape index (κ3) is 2.89. The van der Waals surface area contributed by atoms with Crippen LogP contribution in [-0.2, 0) is 14.3 Å². The van der Waals surface area contributed by atoms with Crippen LogP contribution in [0.4, 0.5) is 0 Å². The molecule has 2 aliphatic rings. The van der Waals surface area contributed by atoms with E-state index in [9.17, 15) is 9.90 Å². The Kier molecular flexibility index (Phi) is 4.12. The van der Waals surface area contributed by atoms with Crippen LogP contribution in [0.2, 0.25) is 0 Å². The molecule has 21 heavy (non-hydrogen) atoms.